The van der Waals surface area contributed by atoms with Crippen LogP contribution in [0.1, 0.15) is 6.92 Å². The van der Waals surface area contributed by atoms with E-state index in [1.165, 1.54) is 11.8 Å². The molecule has 2 rings (SSSR count). The lowest BCUT2D eigenvalue weighted by molar-refractivity contribution is 0.543. The lowest BCUT2D eigenvalue weighted by atomic mass is 10.2. The first-order chi connectivity index (χ1) is 8.20. The van der Waals surface area contributed by atoms with Crippen molar-refractivity contribution in [2.45, 2.75) is 11.8 Å². The summed E-state index contributed by atoms with van der Waals surface area (Å²) in [5.41, 5.74) is 0.258. The zero-order valence-corrected chi connectivity index (χ0v) is 10.2. The fraction of sp³-hybridized carbons (Fsp3) is 0.231. The Bertz CT molecular complexity index is 627. The summed E-state index contributed by atoms with van der Waals surface area (Å²) in [5, 5.41) is 9.59. The molecule has 0 radical (unpaired) electrons. The van der Waals surface area contributed by atoms with Gasteiger partial charge in [0, 0.05) is 11.1 Å². The van der Waals surface area contributed by atoms with Gasteiger partial charge in [-0.15, -0.1) is 11.8 Å². The van der Waals surface area contributed by atoms with Gasteiger partial charge in [0.25, 0.3) is 0 Å². The molecule has 0 N–H and O–H groups in total. The maximum Gasteiger partial charge on any atom is 0.350 e. The molecule has 86 valence electrons. The molecule has 0 bridgehead atoms. The number of hydrogen-bond acceptors (Lipinski definition) is 4. The van der Waals surface area contributed by atoms with Crippen LogP contribution in [0.2, 0.25) is 0 Å². The molecule has 0 aliphatic carbocycles. The molecule has 1 unspecified atom stereocenters. The van der Waals surface area contributed by atoms with Crippen molar-refractivity contribution in [3.05, 3.63) is 40.8 Å². The number of nitrogens with zero attached hydrogens (tertiary/aromatic N) is 1. The van der Waals surface area contributed by atoms with E-state index in [9.17, 15) is 4.79 Å². The summed E-state index contributed by atoms with van der Waals surface area (Å²) >= 11 is 1.37. The Hall–Kier alpha value is -1.73. The average Bonchev–Trinajstić information content (AvgIpc) is 2.35. The van der Waals surface area contributed by atoms with Crippen molar-refractivity contribution >= 4 is 22.7 Å². The predicted molar refractivity (Wildman–Crippen MR) is 68.0 cm³/mol. The number of rotatable bonds is 3. The fourth-order valence-electron chi connectivity index (χ4n) is 1.40. The monoisotopic (exact) mass is 245 g/mol. The first-order valence-corrected chi connectivity index (χ1v) is 6.24. The van der Waals surface area contributed by atoms with E-state index in [0.29, 0.717) is 16.2 Å². The van der Waals surface area contributed by atoms with Crippen LogP contribution in [-0.2, 0) is 0 Å². The van der Waals surface area contributed by atoms with Crippen molar-refractivity contribution in [2.24, 2.45) is 5.92 Å². The number of hydrogen-bond donors (Lipinski definition) is 0. The lowest BCUT2D eigenvalue weighted by Crippen LogP contribution is -2.03. The maximum atomic E-state index is 11.7. The largest absolute Gasteiger partial charge is 0.422 e. The Morgan fingerprint density at radius 1 is 1.47 bits per heavy atom. The zero-order valence-electron chi connectivity index (χ0n) is 9.34. The third kappa shape index (κ3) is 2.69. The highest BCUT2D eigenvalue weighted by Gasteiger charge is 2.07. The Morgan fingerprint density at radius 3 is 3.00 bits per heavy atom. The molecule has 1 heterocycles. The van der Waals surface area contributed by atoms with Crippen LogP contribution in [0.15, 0.2) is 44.4 Å². The van der Waals surface area contributed by atoms with Gasteiger partial charge in [0.15, 0.2) is 0 Å². The highest BCUT2D eigenvalue weighted by Crippen LogP contribution is 2.21. The normalized spacial score (nSPS) is 12.2. The molecule has 0 saturated carbocycles. The SMILES string of the molecule is CC(C#N)CSc1cc2ccccc2oc1=O. The van der Waals surface area contributed by atoms with E-state index in [-0.39, 0.29) is 11.5 Å². The van der Waals surface area contributed by atoms with Crippen molar-refractivity contribution in [1.29, 1.82) is 5.26 Å². The first-order valence-electron chi connectivity index (χ1n) is 5.26. The summed E-state index contributed by atoms with van der Waals surface area (Å²) in [7, 11) is 0. The number of thioether (sulfide) groups is 1. The van der Waals surface area contributed by atoms with Gasteiger partial charge in [0.05, 0.1) is 16.9 Å². The minimum atomic E-state index is -0.334. The number of nitriles is 1. The van der Waals surface area contributed by atoms with E-state index < -0.39 is 0 Å². The van der Waals surface area contributed by atoms with Crippen molar-refractivity contribution in [2.75, 3.05) is 5.75 Å². The number of benzene rings is 1. The molecule has 1 aromatic carbocycles. The van der Waals surface area contributed by atoms with Crippen LogP contribution >= 0.6 is 11.8 Å². The topological polar surface area (TPSA) is 54.0 Å². The van der Waals surface area contributed by atoms with Gasteiger partial charge >= 0.3 is 5.63 Å². The highest BCUT2D eigenvalue weighted by atomic mass is 32.2. The third-order valence-corrected chi connectivity index (χ3v) is 3.58. The molecule has 0 aliphatic heterocycles. The van der Waals surface area contributed by atoms with Crippen molar-refractivity contribution in [3.63, 3.8) is 0 Å². The summed E-state index contributed by atoms with van der Waals surface area (Å²) < 4.78 is 5.20. The maximum absolute atomic E-state index is 11.7. The highest BCUT2D eigenvalue weighted by molar-refractivity contribution is 7.99. The van der Waals surface area contributed by atoms with Crippen LogP contribution in [0.4, 0.5) is 0 Å². The van der Waals surface area contributed by atoms with E-state index in [1.54, 1.807) is 6.07 Å². The Morgan fingerprint density at radius 2 is 2.24 bits per heavy atom. The second-order valence-corrected chi connectivity index (χ2v) is 4.84. The van der Waals surface area contributed by atoms with Gasteiger partial charge < -0.3 is 4.42 Å². The van der Waals surface area contributed by atoms with E-state index in [2.05, 4.69) is 6.07 Å². The molecular formula is C13H11NO2S. The third-order valence-electron chi connectivity index (χ3n) is 2.32. The molecule has 0 saturated heterocycles. The van der Waals surface area contributed by atoms with Gasteiger partial charge in [-0.25, -0.2) is 4.79 Å². The van der Waals surface area contributed by atoms with Gasteiger partial charge in [-0.2, -0.15) is 5.26 Å². The molecule has 0 spiro atoms. The van der Waals surface area contributed by atoms with E-state index in [0.717, 1.165) is 5.39 Å². The van der Waals surface area contributed by atoms with Gasteiger partial charge in [-0.3, -0.25) is 0 Å². The van der Waals surface area contributed by atoms with Crippen LogP contribution in [0.3, 0.4) is 0 Å². The van der Waals surface area contributed by atoms with Gasteiger partial charge in [-0.1, -0.05) is 18.2 Å². The molecule has 0 fully saturated rings. The molecule has 1 atom stereocenters. The molecule has 0 amide bonds. The smallest absolute Gasteiger partial charge is 0.350 e. The quantitative estimate of drug-likeness (QED) is 0.616. The van der Waals surface area contributed by atoms with E-state index in [4.69, 9.17) is 9.68 Å². The van der Waals surface area contributed by atoms with E-state index in [1.807, 2.05) is 31.2 Å². The van der Waals surface area contributed by atoms with Crippen molar-refractivity contribution in [3.8, 4) is 6.07 Å². The average molecular weight is 245 g/mol. The molecule has 0 aliphatic rings. The standard InChI is InChI=1S/C13H11NO2S/c1-9(7-14)8-17-12-6-10-4-2-3-5-11(10)16-13(12)15/h2-6,9H,8H2,1H3. The molecular weight excluding hydrogens is 234 g/mol. The molecule has 2 aromatic rings. The van der Waals surface area contributed by atoms with Crippen LogP contribution < -0.4 is 5.63 Å². The van der Waals surface area contributed by atoms with Gasteiger partial charge in [-0.05, 0) is 19.1 Å². The second-order valence-electron chi connectivity index (χ2n) is 3.78. The number of para-hydroxylation sites is 1. The zero-order chi connectivity index (χ0) is 12.3. The van der Waals surface area contributed by atoms with Crippen molar-refractivity contribution in [1.82, 2.24) is 0 Å². The Labute approximate surface area is 103 Å². The van der Waals surface area contributed by atoms with Gasteiger partial charge in [0.1, 0.15) is 5.58 Å². The van der Waals surface area contributed by atoms with E-state index >= 15 is 0 Å². The van der Waals surface area contributed by atoms with Gasteiger partial charge in [0.2, 0.25) is 0 Å². The van der Waals surface area contributed by atoms with Crippen LogP contribution in [-0.4, -0.2) is 5.75 Å². The number of fused-ring (bicyclic) bond motifs is 1. The molecule has 1 aromatic heterocycles. The molecule has 4 heteroatoms. The minimum absolute atomic E-state index is 0.0779. The molecule has 17 heavy (non-hydrogen) atoms. The van der Waals surface area contributed by atoms with Crippen LogP contribution in [0.25, 0.3) is 11.0 Å². The molecule has 3 nitrogen and oxygen atoms in total. The Kier molecular flexibility index (Phi) is 3.50. The Balaban J connectivity index is 2.32. The summed E-state index contributed by atoms with van der Waals surface area (Å²) in [6, 6.07) is 11.3. The summed E-state index contributed by atoms with van der Waals surface area (Å²) in [6.07, 6.45) is 0. The van der Waals surface area contributed by atoms with Crippen molar-refractivity contribution < 1.29 is 4.42 Å². The minimum Gasteiger partial charge on any atom is -0.422 e. The van der Waals surface area contributed by atoms with Crippen LogP contribution in [0, 0.1) is 17.2 Å². The summed E-state index contributed by atoms with van der Waals surface area (Å²) in [5.74, 6) is 0.519. The summed E-state index contributed by atoms with van der Waals surface area (Å²) in [4.78, 5) is 12.2. The first kappa shape index (κ1) is 11.7. The predicted octanol–water partition coefficient (Wildman–Crippen LogP) is 3.04. The fourth-order valence-corrected chi connectivity index (χ4v) is 2.27. The van der Waals surface area contributed by atoms with Crippen LogP contribution in [0.5, 0.6) is 0 Å². The lowest BCUT2D eigenvalue weighted by Gasteiger charge is -2.02. The second kappa shape index (κ2) is 5.07. The summed E-state index contributed by atoms with van der Waals surface area (Å²) in [6.45, 7) is 1.83.